The van der Waals surface area contributed by atoms with Gasteiger partial charge in [0, 0.05) is 17.7 Å². The highest BCUT2D eigenvalue weighted by Gasteiger charge is 2.07. The first-order valence-electron chi connectivity index (χ1n) is 6.32. The Morgan fingerprint density at radius 1 is 0.952 bits per heavy atom. The second kappa shape index (κ2) is 7.67. The van der Waals surface area contributed by atoms with Gasteiger partial charge in [0.25, 0.3) is 0 Å². The summed E-state index contributed by atoms with van der Waals surface area (Å²) in [6.45, 7) is 0.146. The van der Waals surface area contributed by atoms with Crippen molar-refractivity contribution in [1.82, 2.24) is 0 Å². The molecular formula is C16H15ClO4. The molecule has 21 heavy (non-hydrogen) atoms. The molecule has 0 unspecified atom stereocenters. The number of halogens is 1. The Hall–Kier alpha value is -2.04. The number of rotatable bonds is 7. The molecule has 0 aliphatic rings. The van der Waals surface area contributed by atoms with Crippen LogP contribution in [0.4, 0.5) is 0 Å². The highest BCUT2D eigenvalue weighted by molar-refractivity contribution is 6.30. The number of Topliss-reactive ketones (excluding diaryl/α,β-unsaturated/α-hetero) is 1. The van der Waals surface area contributed by atoms with Gasteiger partial charge in [-0.05, 0) is 48.5 Å². The lowest BCUT2D eigenvalue weighted by atomic mass is 10.1. The van der Waals surface area contributed by atoms with E-state index in [-0.39, 0.29) is 19.2 Å². The third kappa shape index (κ3) is 4.77. The number of hydrogen-bond acceptors (Lipinski definition) is 4. The first kappa shape index (κ1) is 15.4. The van der Waals surface area contributed by atoms with Gasteiger partial charge in [-0.15, -0.1) is 0 Å². The zero-order valence-electron chi connectivity index (χ0n) is 11.5. The SMILES string of the molecule is COCOc1ccc(C(=O)COc2ccc(Cl)cc2)cc1. The molecule has 0 aliphatic heterocycles. The zero-order chi connectivity index (χ0) is 15.1. The molecule has 5 heteroatoms. The number of methoxy groups -OCH3 is 1. The van der Waals surface area contributed by atoms with Gasteiger partial charge in [0.15, 0.2) is 19.2 Å². The lowest BCUT2D eigenvalue weighted by Gasteiger charge is -2.07. The maximum atomic E-state index is 12.0. The van der Waals surface area contributed by atoms with Crippen LogP contribution in [0.2, 0.25) is 5.02 Å². The van der Waals surface area contributed by atoms with Crippen molar-refractivity contribution in [2.75, 3.05) is 20.5 Å². The zero-order valence-corrected chi connectivity index (χ0v) is 12.3. The molecule has 0 amide bonds. The van der Waals surface area contributed by atoms with E-state index in [2.05, 4.69) is 0 Å². The van der Waals surface area contributed by atoms with Crippen molar-refractivity contribution in [1.29, 1.82) is 0 Å². The molecule has 0 saturated heterocycles. The van der Waals surface area contributed by atoms with E-state index in [9.17, 15) is 4.79 Å². The summed E-state index contributed by atoms with van der Waals surface area (Å²) in [7, 11) is 1.55. The molecule has 0 atom stereocenters. The summed E-state index contributed by atoms with van der Waals surface area (Å²) in [6.07, 6.45) is 0. The van der Waals surface area contributed by atoms with Crippen LogP contribution in [0.25, 0.3) is 0 Å². The number of hydrogen-bond donors (Lipinski definition) is 0. The molecule has 0 fully saturated rings. The van der Waals surface area contributed by atoms with Gasteiger partial charge in [0.2, 0.25) is 0 Å². The van der Waals surface area contributed by atoms with E-state index >= 15 is 0 Å². The lowest BCUT2D eigenvalue weighted by Crippen LogP contribution is -2.11. The van der Waals surface area contributed by atoms with Gasteiger partial charge in [0.05, 0.1) is 0 Å². The monoisotopic (exact) mass is 306 g/mol. The Kier molecular flexibility index (Phi) is 5.60. The highest BCUT2D eigenvalue weighted by Crippen LogP contribution is 2.16. The number of ketones is 1. The molecule has 0 aliphatic carbocycles. The van der Waals surface area contributed by atoms with Crippen LogP contribution in [0.5, 0.6) is 11.5 Å². The summed E-state index contributed by atoms with van der Waals surface area (Å²) < 4.78 is 15.5. The minimum atomic E-state index is -0.108. The van der Waals surface area contributed by atoms with Crippen molar-refractivity contribution in [2.45, 2.75) is 0 Å². The predicted molar refractivity (Wildman–Crippen MR) is 80.2 cm³/mol. The highest BCUT2D eigenvalue weighted by atomic mass is 35.5. The fourth-order valence-electron chi connectivity index (χ4n) is 1.63. The van der Waals surface area contributed by atoms with Crippen LogP contribution in [0, 0.1) is 0 Å². The molecular weight excluding hydrogens is 292 g/mol. The van der Waals surface area contributed by atoms with E-state index in [1.807, 2.05) is 0 Å². The summed E-state index contributed by atoms with van der Waals surface area (Å²) in [4.78, 5) is 12.0. The summed E-state index contributed by atoms with van der Waals surface area (Å²) in [5, 5.41) is 0.625. The largest absolute Gasteiger partial charge is 0.485 e. The van der Waals surface area contributed by atoms with Gasteiger partial charge in [-0.3, -0.25) is 4.79 Å². The molecule has 0 aromatic heterocycles. The van der Waals surface area contributed by atoms with Crippen molar-refractivity contribution in [3.8, 4) is 11.5 Å². The van der Waals surface area contributed by atoms with Crippen LogP contribution < -0.4 is 9.47 Å². The molecule has 0 bridgehead atoms. The molecule has 0 spiro atoms. The topological polar surface area (TPSA) is 44.8 Å². The Morgan fingerprint density at radius 2 is 1.52 bits per heavy atom. The molecule has 0 heterocycles. The van der Waals surface area contributed by atoms with E-state index in [0.29, 0.717) is 22.1 Å². The molecule has 2 aromatic rings. The van der Waals surface area contributed by atoms with Crippen LogP contribution in [0.15, 0.2) is 48.5 Å². The summed E-state index contributed by atoms with van der Waals surface area (Å²) in [5.41, 5.74) is 0.564. The number of carbonyl (C=O) groups is 1. The smallest absolute Gasteiger partial charge is 0.200 e. The van der Waals surface area contributed by atoms with Crippen molar-refractivity contribution in [3.63, 3.8) is 0 Å². The Labute approximate surface area is 128 Å². The third-order valence-electron chi connectivity index (χ3n) is 2.70. The van der Waals surface area contributed by atoms with E-state index < -0.39 is 0 Å². The number of ether oxygens (including phenoxy) is 3. The number of benzene rings is 2. The Bertz CT molecular complexity index is 578. The molecule has 110 valence electrons. The molecule has 0 saturated carbocycles. The number of carbonyl (C=O) groups excluding carboxylic acids is 1. The van der Waals surface area contributed by atoms with Crippen molar-refractivity contribution >= 4 is 17.4 Å². The van der Waals surface area contributed by atoms with Crippen LogP contribution in [0.3, 0.4) is 0 Å². The first-order chi connectivity index (χ1) is 10.2. The molecule has 0 N–H and O–H groups in total. The maximum Gasteiger partial charge on any atom is 0.200 e. The predicted octanol–water partition coefficient (Wildman–Crippen LogP) is 3.58. The van der Waals surface area contributed by atoms with Crippen molar-refractivity contribution in [2.24, 2.45) is 0 Å². The second-order valence-corrected chi connectivity index (χ2v) is 4.68. The van der Waals surface area contributed by atoms with E-state index in [1.54, 1.807) is 55.6 Å². The summed E-state index contributed by atoms with van der Waals surface area (Å²) >= 11 is 5.78. The molecule has 0 radical (unpaired) electrons. The first-order valence-corrected chi connectivity index (χ1v) is 6.70. The Balaban J connectivity index is 1.89. The van der Waals surface area contributed by atoms with Crippen LogP contribution >= 0.6 is 11.6 Å². The molecule has 2 rings (SSSR count). The fraction of sp³-hybridized carbons (Fsp3) is 0.188. The molecule has 4 nitrogen and oxygen atoms in total. The van der Waals surface area contributed by atoms with Gasteiger partial charge in [-0.25, -0.2) is 0 Å². The van der Waals surface area contributed by atoms with E-state index in [1.165, 1.54) is 0 Å². The molecule has 2 aromatic carbocycles. The van der Waals surface area contributed by atoms with Crippen LogP contribution in [-0.2, 0) is 4.74 Å². The van der Waals surface area contributed by atoms with Crippen LogP contribution in [0.1, 0.15) is 10.4 Å². The standard InChI is InChI=1S/C16H15ClO4/c1-19-11-21-15-6-2-12(3-7-15)16(18)10-20-14-8-4-13(17)5-9-14/h2-9H,10-11H2,1H3. The van der Waals surface area contributed by atoms with Crippen LogP contribution in [-0.4, -0.2) is 26.3 Å². The van der Waals surface area contributed by atoms with E-state index in [0.717, 1.165) is 0 Å². The van der Waals surface area contributed by atoms with Gasteiger partial charge in [-0.2, -0.15) is 0 Å². The maximum absolute atomic E-state index is 12.0. The van der Waals surface area contributed by atoms with Gasteiger partial charge < -0.3 is 14.2 Å². The fourth-order valence-corrected chi connectivity index (χ4v) is 1.75. The average Bonchev–Trinajstić information content (AvgIpc) is 2.52. The lowest BCUT2D eigenvalue weighted by molar-refractivity contribution is 0.0511. The average molecular weight is 307 g/mol. The quantitative estimate of drug-likeness (QED) is 0.579. The van der Waals surface area contributed by atoms with Crippen molar-refractivity contribution < 1.29 is 19.0 Å². The van der Waals surface area contributed by atoms with Gasteiger partial charge in [-0.1, -0.05) is 11.6 Å². The normalized spacial score (nSPS) is 10.2. The second-order valence-electron chi connectivity index (χ2n) is 4.24. The van der Waals surface area contributed by atoms with Gasteiger partial charge in [0.1, 0.15) is 11.5 Å². The Morgan fingerprint density at radius 3 is 2.14 bits per heavy atom. The van der Waals surface area contributed by atoms with Gasteiger partial charge >= 0.3 is 0 Å². The minimum absolute atomic E-state index is 0.0279. The van der Waals surface area contributed by atoms with E-state index in [4.69, 9.17) is 25.8 Å². The van der Waals surface area contributed by atoms with Crippen molar-refractivity contribution in [3.05, 3.63) is 59.1 Å². The third-order valence-corrected chi connectivity index (χ3v) is 2.96. The summed E-state index contributed by atoms with van der Waals surface area (Å²) in [6, 6.07) is 13.7. The minimum Gasteiger partial charge on any atom is -0.485 e. The summed E-state index contributed by atoms with van der Waals surface area (Å²) in [5.74, 6) is 1.14.